The smallest absolute Gasteiger partial charge is 0.343 e. The summed E-state index contributed by atoms with van der Waals surface area (Å²) in [4.78, 5) is 36.5. The summed E-state index contributed by atoms with van der Waals surface area (Å²) in [6.45, 7) is 1.81. The van der Waals surface area contributed by atoms with Gasteiger partial charge in [0, 0.05) is 20.7 Å². The molecule has 9 heteroatoms. The minimum Gasteiger partial charge on any atom is -0.422 e. The molecule has 0 atom stereocenters. The molecule has 2 amide bonds. The topological polar surface area (TPSA) is 96.9 Å². The number of ether oxygens (including phenoxy) is 1. The van der Waals surface area contributed by atoms with E-state index in [1.54, 1.807) is 54.6 Å². The number of carbonyl (C=O) groups is 3. The molecular formula is C23H17BrClN3O4. The van der Waals surface area contributed by atoms with Crippen LogP contribution >= 0.6 is 27.5 Å². The van der Waals surface area contributed by atoms with Gasteiger partial charge in [0.2, 0.25) is 0 Å². The second-order valence-electron chi connectivity index (χ2n) is 6.55. The number of hydrogen-bond donors (Lipinski definition) is 2. The van der Waals surface area contributed by atoms with Gasteiger partial charge < -0.3 is 10.1 Å². The van der Waals surface area contributed by atoms with Crippen LogP contribution in [0.4, 0.5) is 5.69 Å². The number of benzene rings is 3. The Morgan fingerprint density at radius 3 is 2.44 bits per heavy atom. The monoisotopic (exact) mass is 513 g/mol. The maximum Gasteiger partial charge on any atom is 0.343 e. The molecule has 0 unspecified atom stereocenters. The molecule has 0 fully saturated rings. The minimum absolute atomic E-state index is 0.241. The Kier molecular flexibility index (Phi) is 7.75. The van der Waals surface area contributed by atoms with E-state index in [0.717, 1.165) is 5.56 Å². The number of hydrazone groups is 1. The van der Waals surface area contributed by atoms with Gasteiger partial charge in [-0.1, -0.05) is 45.7 Å². The third kappa shape index (κ3) is 6.26. The molecule has 3 aromatic carbocycles. The van der Waals surface area contributed by atoms with E-state index in [9.17, 15) is 14.4 Å². The Balaban J connectivity index is 1.67. The van der Waals surface area contributed by atoms with Crippen molar-refractivity contribution in [3.05, 3.63) is 92.9 Å². The van der Waals surface area contributed by atoms with Crippen LogP contribution in [0.3, 0.4) is 0 Å². The lowest BCUT2D eigenvalue weighted by molar-refractivity contribution is -0.136. The maximum atomic E-state index is 12.5. The van der Waals surface area contributed by atoms with Crippen LogP contribution in [-0.2, 0) is 9.59 Å². The van der Waals surface area contributed by atoms with Gasteiger partial charge in [0.15, 0.2) is 0 Å². The van der Waals surface area contributed by atoms with Gasteiger partial charge in [0.25, 0.3) is 0 Å². The lowest BCUT2D eigenvalue weighted by Crippen LogP contribution is -2.32. The summed E-state index contributed by atoms with van der Waals surface area (Å²) >= 11 is 9.13. The lowest BCUT2D eigenvalue weighted by Gasteiger charge is -2.09. The minimum atomic E-state index is -0.968. The van der Waals surface area contributed by atoms with Crippen LogP contribution < -0.4 is 15.5 Å². The highest BCUT2D eigenvalue weighted by atomic mass is 79.9. The Morgan fingerprint density at radius 2 is 1.72 bits per heavy atom. The van der Waals surface area contributed by atoms with Crippen molar-refractivity contribution in [2.75, 3.05) is 5.32 Å². The summed E-state index contributed by atoms with van der Waals surface area (Å²) in [6, 6.07) is 18.3. The average Bonchev–Trinajstić information content (AvgIpc) is 2.77. The van der Waals surface area contributed by atoms with E-state index in [2.05, 4.69) is 31.8 Å². The van der Waals surface area contributed by atoms with Gasteiger partial charge in [-0.15, -0.1) is 0 Å². The van der Waals surface area contributed by atoms with Crippen molar-refractivity contribution in [1.82, 2.24) is 5.43 Å². The van der Waals surface area contributed by atoms with E-state index < -0.39 is 17.8 Å². The number of aryl methyl sites for hydroxylation is 1. The van der Waals surface area contributed by atoms with Gasteiger partial charge in [-0.25, -0.2) is 10.2 Å². The van der Waals surface area contributed by atoms with Crippen molar-refractivity contribution in [1.29, 1.82) is 0 Å². The molecule has 0 bridgehead atoms. The molecule has 0 aromatic heterocycles. The molecular weight excluding hydrogens is 498 g/mol. The quantitative estimate of drug-likeness (QED) is 0.169. The Hall–Kier alpha value is -3.49. The lowest BCUT2D eigenvalue weighted by atomic mass is 10.1. The van der Waals surface area contributed by atoms with Crippen LogP contribution in [-0.4, -0.2) is 24.0 Å². The van der Waals surface area contributed by atoms with Gasteiger partial charge in [-0.05, 0) is 61.0 Å². The molecule has 0 radical (unpaired) electrons. The van der Waals surface area contributed by atoms with Crippen molar-refractivity contribution in [3.63, 3.8) is 0 Å². The highest BCUT2D eigenvalue weighted by Crippen LogP contribution is 2.23. The Morgan fingerprint density at radius 1 is 1.00 bits per heavy atom. The molecule has 0 saturated carbocycles. The fourth-order valence-electron chi connectivity index (χ4n) is 2.60. The van der Waals surface area contributed by atoms with Crippen molar-refractivity contribution >= 4 is 57.2 Å². The zero-order valence-electron chi connectivity index (χ0n) is 16.8. The van der Waals surface area contributed by atoms with E-state index in [-0.39, 0.29) is 5.75 Å². The predicted molar refractivity (Wildman–Crippen MR) is 126 cm³/mol. The largest absolute Gasteiger partial charge is 0.422 e. The summed E-state index contributed by atoms with van der Waals surface area (Å²) in [7, 11) is 0. The molecule has 0 spiro atoms. The van der Waals surface area contributed by atoms with Crippen molar-refractivity contribution in [2.24, 2.45) is 5.10 Å². The van der Waals surface area contributed by atoms with Crippen LogP contribution in [0.25, 0.3) is 0 Å². The van der Waals surface area contributed by atoms with E-state index in [0.29, 0.717) is 26.3 Å². The number of nitrogens with zero attached hydrogens (tertiary/aromatic N) is 1. The zero-order chi connectivity index (χ0) is 23.1. The normalized spacial score (nSPS) is 10.6. The Bertz CT molecular complexity index is 1200. The fourth-order valence-corrected chi connectivity index (χ4v) is 3.11. The first-order valence-corrected chi connectivity index (χ1v) is 10.5. The first kappa shape index (κ1) is 23.2. The summed E-state index contributed by atoms with van der Waals surface area (Å²) in [5, 5.41) is 6.73. The van der Waals surface area contributed by atoms with Crippen LogP contribution in [0.5, 0.6) is 5.75 Å². The standard InChI is InChI=1S/C23H17BrClN3O4/c1-14-4-2-3-5-19(14)23(31)32-20-11-6-16(24)12-15(20)13-26-28-22(30)21(29)27-18-9-7-17(25)8-10-18/h2-13H,1H3,(H,27,29)(H,28,30). The third-order valence-corrected chi connectivity index (χ3v) is 4.96. The summed E-state index contributed by atoms with van der Waals surface area (Å²) in [5.41, 5.74) is 4.19. The summed E-state index contributed by atoms with van der Waals surface area (Å²) in [6.07, 6.45) is 1.28. The number of amides is 2. The van der Waals surface area contributed by atoms with Crippen molar-refractivity contribution in [3.8, 4) is 5.75 Å². The number of anilines is 1. The average molecular weight is 515 g/mol. The molecule has 162 valence electrons. The molecule has 0 heterocycles. The maximum absolute atomic E-state index is 12.5. The molecule has 0 aliphatic carbocycles. The molecule has 32 heavy (non-hydrogen) atoms. The highest BCUT2D eigenvalue weighted by molar-refractivity contribution is 9.10. The zero-order valence-corrected chi connectivity index (χ0v) is 19.1. The second-order valence-corrected chi connectivity index (χ2v) is 7.90. The summed E-state index contributed by atoms with van der Waals surface area (Å²) < 4.78 is 6.22. The van der Waals surface area contributed by atoms with Crippen LogP contribution in [0.1, 0.15) is 21.5 Å². The first-order chi connectivity index (χ1) is 15.3. The number of halogens is 2. The molecule has 3 aromatic rings. The molecule has 3 rings (SSSR count). The van der Waals surface area contributed by atoms with Gasteiger partial charge in [-0.2, -0.15) is 5.10 Å². The van der Waals surface area contributed by atoms with Crippen LogP contribution in [0.2, 0.25) is 5.02 Å². The number of rotatable bonds is 5. The SMILES string of the molecule is Cc1ccccc1C(=O)Oc1ccc(Br)cc1C=NNC(=O)C(=O)Nc1ccc(Cl)cc1. The molecule has 7 nitrogen and oxygen atoms in total. The number of nitrogens with one attached hydrogen (secondary N) is 2. The molecule has 0 saturated heterocycles. The third-order valence-electron chi connectivity index (χ3n) is 4.22. The van der Waals surface area contributed by atoms with Gasteiger partial charge >= 0.3 is 17.8 Å². The van der Waals surface area contributed by atoms with Gasteiger partial charge in [0.05, 0.1) is 11.8 Å². The van der Waals surface area contributed by atoms with E-state index >= 15 is 0 Å². The van der Waals surface area contributed by atoms with Gasteiger partial charge in [-0.3, -0.25) is 9.59 Å². The summed E-state index contributed by atoms with van der Waals surface area (Å²) in [5.74, 6) is -2.15. The molecule has 2 N–H and O–H groups in total. The first-order valence-electron chi connectivity index (χ1n) is 9.31. The van der Waals surface area contributed by atoms with Crippen LogP contribution in [0, 0.1) is 6.92 Å². The second kappa shape index (κ2) is 10.7. The highest BCUT2D eigenvalue weighted by Gasteiger charge is 2.15. The molecule has 0 aliphatic rings. The Labute approximate surface area is 197 Å². The van der Waals surface area contributed by atoms with E-state index in [4.69, 9.17) is 16.3 Å². The van der Waals surface area contributed by atoms with Crippen molar-refractivity contribution in [2.45, 2.75) is 6.92 Å². The number of esters is 1. The predicted octanol–water partition coefficient (Wildman–Crippen LogP) is 4.72. The van der Waals surface area contributed by atoms with Crippen molar-refractivity contribution < 1.29 is 19.1 Å². The van der Waals surface area contributed by atoms with Gasteiger partial charge in [0.1, 0.15) is 5.75 Å². The fraction of sp³-hybridized carbons (Fsp3) is 0.0435. The van der Waals surface area contributed by atoms with E-state index in [1.807, 2.05) is 19.1 Å². The van der Waals surface area contributed by atoms with E-state index in [1.165, 1.54) is 6.21 Å². The number of hydrogen-bond acceptors (Lipinski definition) is 5. The van der Waals surface area contributed by atoms with Crippen LogP contribution in [0.15, 0.2) is 76.3 Å². The number of carbonyl (C=O) groups excluding carboxylic acids is 3. The molecule has 0 aliphatic heterocycles.